The standard InChI is InChI=1S/C22H16Cl2FN3O3/c23-15-2-1-14(19(24)11-15)12-28-10-9-21(27-28)26-22(29)20-8-7-18(31-20)13-30-17-5-3-16(25)4-6-17/h1-11H,12-13H2,(H,26,27,29). The molecule has 0 aliphatic rings. The maximum Gasteiger partial charge on any atom is 0.292 e. The number of halogens is 3. The largest absolute Gasteiger partial charge is 0.486 e. The molecule has 2 aromatic carbocycles. The molecule has 0 radical (unpaired) electrons. The lowest BCUT2D eigenvalue weighted by atomic mass is 10.2. The van der Waals surface area contributed by atoms with Gasteiger partial charge in [-0.15, -0.1) is 0 Å². The van der Waals surface area contributed by atoms with E-state index in [0.29, 0.717) is 33.9 Å². The molecule has 2 aromatic heterocycles. The molecule has 4 rings (SSSR count). The van der Waals surface area contributed by atoms with Gasteiger partial charge in [0.15, 0.2) is 11.6 Å². The lowest BCUT2D eigenvalue weighted by Gasteiger charge is -2.05. The monoisotopic (exact) mass is 459 g/mol. The summed E-state index contributed by atoms with van der Waals surface area (Å²) in [6.07, 6.45) is 1.73. The topological polar surface area (TPSA) is 69.3 Å². The fourth-order valence-corrected chi connectivity index (χ4v) is 3.25. The molecule has 0 unspecified atom stereocenters. The summed E-state index contributed by atoms with van der Waals surface area (Å²) in [5, 5.41) is 8.10. The Morgan fingerprint density at radius 2 is 1.90 bits per heavy atom. The van der Waals surface area contributed by atoms with Gasteiger partial charge < -0.3 is 14.5 Å². The van der Waals surface area contributed by atoms with E-state index in [-0.39, 0.29) is 18.2 Å². The zero-order valence-corrected chi connectivity index (χ0v) is 17.5. The predicted molar refractivity (Wildman–Crippen MR) is 115 cm³/mol. The maximum atomic E-state index is 12.9. The number of ether oxygens (including phenoxy) is 1. The number of aromatic nitrogens is 2. The highest BCUT2D eigenvalue weighted by atomic mass is 35.5. The van der Waals surface area contributed by atoms with E-state index in [1.807, 2.05) is 6.07 Å². The number of amides is 1. The Kier molecular flexibility index (Phi) is 6.25. The van der Waals surface area contributed by atoms with Crippen LogP contribution < -0.4 is 10.1 Å². The number of carbonyl (C=O) groups excluding carboxylic acids is 1. The summed E-state index contributed by atoms with van der Waals surface area (Å²) in [5.74, 6) is 0.655. The first-order valence-corrected chi connectivity index (χ1v) is 9.98. The lowest BCUT2D eigenvalue weighted by Crippen LogP contribution is -2.12. The van der Waals surface area contributed by atoms with Crippen LogP contribution in [0.3, 0.4) is 0 Å². The number of hydrogen-bond acceptors (Lipinski definition) is 4. The van der Waals surface area contributed by atoms with E-state index in [0.717, 1.165) is 5.56 Å². The van der Waals surface area contributed by atoms with Gasteiger partial charge in [-0.05, 0) is 54.1 Å². The molecule has 1 N–H and O–H groups in total. The predicted octanol–water partition coefficient (Wildman–Crippen LogP) is 5.80. The first kappa shape index (κ1) is 21.0. The molecule has 0 saturated heterocycles. The van der Waals surface area contributed by atoms with Crippen LogP contribution in [0.2, 0.25) is 10.0 Å². The molecule has 0 fully saturated rings. The minimum atomic E-state index is -0.442. The van der Waals surface area contributed by atoms with Gasteiger partial charge >= 0.3 is 0 Å². The Balaban J connectivity index is 1.34. The fraction of sp³-hybridized carbons (Fsp3) is 0.0909. The van der Waals surface area contributed by atoms with Crippen LogP contribution in [0.5, 0.6) is 5.75 Å². The van der Waals surface area contributed by atoms with Gasteiger partial charge in [0, 0.05) is 22.3 Å². The third kappa shape index (κ3) is 5.45. The third-order valence-electron chi connectivity index (χ3n) is 4.31. The molecule has 9 heteroatoms. The van der Waals surface area contributed by atoms with Gasteiger partial charge in [-0.1, -0.05) is 29.3 Å². The van der Waals surface area contributed by atoms with Crippen LogP contribution in [-0.2, 0) is 13.2 Å². The molecular formula is C22H16Cl2FN3O3. The van der Waals surface area contributed by atoms with Crippen LogP contribution in [0.1, 0.15) is 21.9 Å². The summed E-state index contributed by atoms with van der Waals surface area (Å²) < 4.78 is 25.6. The van der Waals surface area contributed by atoms with Crippen molar-refractivity contribution in [1.82, 2.24) is 9.78 Å². The quantitative estimate of drug-likeness (QED) is 0.379. The van der Waals surface area contributed by atoms with E-state index in [1.54, 1.807) is 41.2 Å². The molecular weight excluding hydrogens is 444 g/mol. The van der Waals surface area contributed by atoms with Gasteiger partial charge in [0.05, 0.1) is 6.54 Å². The highest BCUT2D eigenvalue weighted by Crippen LogP contribution is 2.22. The summed E-state index contributed by atoms with van der Waals surface area (Å²) in [6.45, 7) is 0.535. The normalized spacial score (nSPS) is 10.8. The van der Waals surface area contributed by atoms with Crippen LogP contribution in [0, 0.1) is 5.82 Å². The summed E-state index contributed by atoms with van der Waals surface area (Å²) in [6, 6.07) is 15.7. The second-order valence-electron chi connectivity index (χ2n) is 6.60. The summed E-state index contributed by atoms with van der Waals surface area (Å²) >= 11 is 12.1. The summed E-state index contributed by atoms with van der Waals surface area (Å²) in [5.41, 5.74) is 0.851. The number of anilines is 1. The molecule has 1 amide bonds. The number of nitrogens with zero attached hydrogens (tertiary/aromatic N) is 2. The first-order valence-electron chi connectivity index (χ1n) is 9.22. The van der Waals surface area contributed by atoms with E-state index in [1.165, 1.54) is 24.3 Å². The molecule has 158 valence electrons. The summed E-state index contributed by atoms with van der Waals surface area (Å²) in [7, 11) is 0. The minimum absolute atomic E-state index is 0.107. The number of carbonyl (C=O) groups is 1. The number of hydrogen-bond donors (Lipinski definition) is 1. The third-order valence-corrected chi connectivity index (χ3v) is 4.90. The first-order chi connectivity index (χ1) is 15.0. The molecule has 0 aliphatic heterocycles. The number of benzene rings is 2. The van der Waals surface area contributed by atoms with Crippen LogP contribution in [0.25, 0.3) is 0 Å². The molecule has 2 heterocycles. The van der Waals surface area contributed by atoms with Crippen molar-refractivity contribution < 1.29 is 18.3 Å². The van der Waals surface area contributed by atoms with Gasteiger partial charge in [0.25, 0.3) is 5.91 Å². The minimum Gasteiger partial charge on any atom is -0.486 e. The Morgan fingerprint density at radius 1 is 1.10 bits per heavy atom. The highest BCUT2D eigenvalue weighted by Gasteiger charge is 2.14. The number of rotatable bonds is 7. The molecule has 0 bridgehead atoms. The Hall–Kier alpha value is -3.29. The van der Waals surface area contributed by atoms with Crippen molar-refractivity contribution in [2.24, 2.45) is 0 Å². The van der Waals surface area contributed by atoms with Crippen molar-refractivity contribution in [2.75, 3.05) is 5.32 Å². The zero-order valence-electron chi connectivity index (χ0n) is 16.0. The Labute approximate surface area is 187 Å². The molecule has 0 atom stereocenters. The van der Waals surface area contributed by atoms with Crippen molar-refractivity contribution in [3.63, 3.8) is 0 Å². The maximum absolute atomic E-state index is 12.9. The highest BCUT2D eigenvalue weighted by molar-refractivity contribution is 6.35. The lowest BCUT2D eigenvalue weighted by molar-refractivity contribution is 0.0992. The second kappa shape index (κ2) is 9.24. The van der Waals surface area contributed by atoms with E-state index < -0.39 is 5.91 Å². The molecule has 4 aromatic rings. The fourth-order valence-electron chi connectivity index (χ4n) is 2.78. The molecule has 0 saturated carbocycles. The van der Waals surface area contributed by atoms with E-state index in [2.05, 4.69) is 10.4 Å². The van der Waals surface area contributed by atoms with Crippen LogP contribution >= 0.6 is 23.2 Å². The zero-order chi connectivity index (χ0) is 21.8. The van der Waals surface area contributed by atoms with Gasteiger partial charge in [0.2, 0.25) is 0 Å². The molecule has 31 heavy (non-hydrogen) atoms. The van der Waals surface area contributed by atoms with Crippen molar-refractivity contribution >= 4 is 34.9 Å². The van der Waals surface area contributed by atoms with Crippen molar-refractivity contribution in [3.05, 3.63) is 99.8 Å². The van der Waals surface area contributed by atoms with Crippen LogP contribution in [0.15, 0.2) is 71.3 Å². The van der Waals surface area contributed by atoms with Gasteiger partial charge in [-0.2, -0.15) is 5.10 Å². The van der Waals surface area contributed by atoms with E-state index in [9.17, 15) is 9.18 Å². The van der Waals surface area contributed by atoms with Crippen molar-refractivity contribution in [1.29, 1.82) is 0 Å². The molecule has 0 spiro atoms. The van der Waals surface area contributed by atoms with Gasteiger partial charge in [-0.3, -0.25) is 9.48 Å². The smallest absolute Gasteiger partial charge is 0.292 e. The molecule has 6 nitrogen and oxygen atoms in total. The van der Waals surface area contributed by atoms with E-state index >= 15 is 0 Å². The molecule has 0 aliphatic carbocycles. The SMILES string of the molecule is O=C(Nc1ccn(Cc2ccc(Cl)cc2Cl)n1)c1ccc(COc2ccc(F)cc2)o1. The average molecular weight is 460 g/mol. The average Bonchev–Trinajstić information content (AvgIpc) is 3.39. The number of furan rings is 1. The van der Waals surface area contributed by atoms with E-state index in [4.69, 9.17) is 32.4 Å². The van der Waals surface area contributed by atoms with Crippen molar-refractivity contribution in [2.45, 2.75) is 13.2 Å². The Morgan fingerprint density at radius 3 is 2.68 bits per heavy atom. The van der Waals surface area contributed by atoms with Gasteiger partial charge in [-0.25, -0.2) is 4.39 Å². The summed E-state index contributed by atoms with van der Waals surface area (Å²) in [4.78, 5) is 12.4. The Bertz CT molecular complexity index is 1200. The van der Waals surface area contributed by atoms with Gasteiger partial charge in [0.1, 0.15) is 23.9 Å². The van der Waals surface area contributed by atoms with Crippen LogP contribution in [-0.4, -0.2) is 15.7 Å². The second-order valence-corrected chi connectivity index (χ2v) is 7.44. The van der Waals surface area contributed by atoms with Crippen molar-refractivity contribution in [3.8, 4) is 5.75 Å². The number of nitrogens with one attached hydrogen (secondary N) is 1. The van der Waals surface area contributed by atoms with Crippen LogP contribution in [0.4, 0.5) is 10.2 Å².